The van der Waals surface area contributed by atoms with E-state index in [2.05, 4.69) is 16.8 Å². The number of rotatable bonds is 4. The van der Waals surface area contributed by atoms with Crippen molar-refractivity contribution in [3.8, 4) is 17.6 Å². The molecular formula is C26H25F2N3O3. The minimum Gasteiger partial charge on any atom is -0.434 e. The van der Waals surface area contributed by atoms with Crippen LogP contribution in [0.25, 0.3) is 11.0 Å². The zero-order valence-corrected chi connectivity index (χ0v) is 18.7. The van der Waals surface area contributed by atoms with Gasteiger partial charge in [0.1, 0.15) is 11.6 Å². The van der Waals surface area contributed by atoms with Gasteiger partial charge in [-0.15, -0.1) is 0 Å². The number of ether oxygens (including phenoxy) is 1. The molecule has 2 aliphatic heterocycles. The number of benzene rings is 2. The van der Waals surface area contributed by atoms with Crippen LogP contribution in [0.3, 0.4) is 0 Å². The second-order valence-corrected chi connectivity index (χ2v) is 9.20. The van der Waals surface area contributed by atoms with E-state index in [0.29, 0.717) is 35.3 Å². The van der Waals surface area contributed by atoms with Crippen molar-refractivity contribution in [1.82, 2.24) is 14.5 Å². The van der Waals surface area contributed by atoms with Gasteiger partial charge in [0.25, 0.3) is 5.91 Å². The van der Waals surface area contributed by atoms with Gasteiger partial charge < -0.3 is 19.3 Å². The summed E-state index contributed by atoms with van der Waals surface area (Å²) in [5.74, 6) is 5.55. The third kappa shape index (κ3) is 3.80. The summed E-state index contributed by atoms with van der Waals surface area (Å²) in [6, 6.07) is 8.03. The van der Waals surface area contributed by atoms with Crippen molar-refractivity contribution in [2.75, 3.05) is 6.98 Å². The number of amides is 1. The fourth-order valence-corrected chi connectivity index (χ4v) is 4.72. The highest BCUT2D eigenvalue weighted by Gasteiger charge is 2.45. The second-order valence-electron chi connectivity index (χ2n) is 9.20. The van der Waals surface area contributed by atoms with Crippen LogP contribution in [0.5, 0.6) is 5.75 Å². The van der Waals surface area contributed by atoms with Gasteiger partial charge in [-0.3, -0.25) is 4.79 Å². The summed E-state index contributed by atoms with van der Waals surface area (Å²) in [6.45, 7) is -2.47. The smallest absolute Gasteiger partial charge is 0.387 e. The number of nitrogens with zero attached hydrogens (tertiary/aromatic N) is 3. The Balaban J connectivity index is 1.68. The molecule has 1 N–H and O–H groups in total. The predicted octanol–water partition coefficient (Wildman–Crippen LogP) is 4.66. The maximum Gasteiger partial charge on any atom is 0.387 e. The minimum absolute atomic E-state index is 0.0110. The zero-order valence-electron chi connectivity index (χ0n) is 21.7. The summed E-state index contributed by atoms with van der Waals surface area (Å²) >= 11 is 0. The van der Waals surface area contributed by atoms with Gasteiger partial charge in [-0.25, -0.2) is 4.98 Å². The number of alkyl halides is 2. The van der Waals surface area contributed by atoms with Gasteiger partial charge in [0.2, 0.25) is 0 Å². The quantitative estimate of drug-likeness (QED) is 0.566. The topological polar surface area (TPSA) is 67.6 Å². The maximum absolute atomic E-state index is 13.5. The highest BCUT2D eigenvalue weighted by Crippen LogP contribution is 2.49. The number of hydrogen-bond acceptors (Lipinski definition) is 4. The highest BCUT2D eigenvalue weighted by molar-refractivity contribution is 5.97. The fourth-order valence-electron chi connectivity index (χ4n) is 4.72. The molecular weight excluding hydrogens is 440 g/mol. The van der Waals surface area contributed by atoms with Gasteiger partial charge in [0, 0.05) is 40.6 Å². The molecule has 0 saturated carbocycles. The minimum atomic E-state index is -3.12. The SMILES string of the molecule is [2H]C([2H])([2H])N1C(=O)c2cccc(OC(F)F)c2[C@H]2C[C@@H]1c1nc3ccc(C#CCCC(C)(C)O)cc3n12. The zero-order chi connectivity index (χ0) is 26.7. The van der Waals surface area contributed by atoms with E-state index in [9.17, 15) is 18.7 Å². The number of carbonyl (C=O) groups is 1. The van der Waals surface area contributed by atoms with Crippen LogP contribution in [-0.4, -0.2) is 44.7 Å². The van der Waals surface area contributed by atoms with E-state index in [0.717, 1.165) is 4.90 Å². The first-order valence-corrected chi connectivity index (χ1v) is 11.0. The van der Waals surface area contributed by atoms with E-state index in [-0.39, 0.29) is 23.3 Å². The van der Waals surface area contributed by atoms with Crippen molar-refractivity contribution in [2.45, 2.75) is 57.4 Å². The standard InChI is InChI=1S/C26H25F2N3O3/c1-26(2,33)12-5-4-7-15-10-11-17-18(13-15)31-19-14-20(23(31)29-17)30(3)24(32)16-8-6-9-21(22(16)19)34-25(27)28/h6,8-11,13,19-20,25,33H,5,12,14H2,1-3H3/t19-,20-/m1/s1/i3D3. The van der Waals surface area contributed by atoms with E-state index in [1.54, 1.807) is 26.0 Å². The first-order valence-electron chi connectivity index (χ1n) is 12.5. The van der Waals surface area contributed by atoms with Gasteiger partial charge in [-0.05, 0) is 50.6 Å². The van der Waals surface area contributed by atoms with Crippen LogP contribution < -0.4 is 4.74 Å². The normalized spacial score (nSPS) is 20.7. The second kappa shape index (κ2) is 8.10. The summed E-state index contributed by atoms with van der Waals surface area (Å²) in [7, 11) is 0. The highest BCUT2D eigenvalue weighted by atomic mass is 19.3. The van der Waals surface area contributed by atoms with Crippen molar-refractivity contribution in [2.24, 2.45) is 0 Å². The lowest BCUT2D eigenvalue weighted by Crippen LogP contribution is -2.30. The monoisotopic (exact) mass is 468 g/mol. The average Bonchev–Trinajstić information content (AvgIpc) is 3.28. The number of aromatic nitrogens is 2. The van der Waals surface area contributed by atoms with Gasteiger partial charge in [0.05, 0.1) is 28.7 Å². The molecule has 34 heavy (non-hydrogen) atoms. The third-order valence-electron chi connectivity index (χ3n) is 6.24. The molecule has 8 heteroatoms. The number of halogens is 2. The number of hydrogen-bond donors (Lipinski definition) is 1. The summed E-state index contributed by atoms with van der Waals surface area (Å²) in [5.41, 5.74) is 1.31. The van der Waals surface area contributed by atoms with Crippen molar-refractivity contribution < 1.29 is 27.5 Å². The summed E-state index contributed by atoms with van der Waals surface area (Å²) in [6.07, 6.45) is 1.16. The Kier molecular flexibility index (Phi) is 4.51. The van der Waals surface area contributed by atoms with Gasteiger partial charge in [0.15, 0.2) is 0 Å². The van der Waals surface area contributed by atoms with Crippen LogP contribution in [0.15, 0.2) is 36.4 Å². The molecule has 0 radical (unpaired) electrons. The lowest BCUT2D eigenvalue weighted by molar-refractivity contribution is -0.0507. The Morgan fingerprint density at radius 3 is 2.88 bits per heavy atom. The third-order valence-corrected chi connectivity index (χ3v) is 6.24. The molecule has 0 fully saturated rings. The lowest BCUT2D eigenvalue weighted by Gasteiger charge is -2.24. The fraction of sp³-hybridized carbons (Fsp3) is 0.385. The van der Waals surface area contributed by atoms with Crippen LogP contribution in [-0.2, 0) is 0 Å². The predicted molar refractivity (Wildman–Crippen MR) is 123 cm³/mol. The number of aliphatic hydroxyl groups is 1. The van der Waals surface area contributed by atoms with Crippen LogP contribution in [0, 0.1) is 11.8 Å². The largest absolute Gasteiger partial charge is 0.434 e. The van der Waals surface area contributed by atoms with Crippen molar-refractivity contribution in [3.63, 3.8) is 0 Å². The Labute approximate surface area is 200 Å². The van der Waals surface area contributed by atoms with E-state index in [1.807, 2.05) is 10.6 Å². The van der Waals surface area contributed by atoms with E-state index in [4.69, 9.17) is 8.85 Å². The molecule has 1 amide bonds. The molecule has 5 rings (SSSR count). The molecule has 2 aromatic carbocycles. The number of imidazole rings is 1. The summed E-state index contributed by atoms with van der Waals surface area (Å²) in [5, 5.41) is 9.89. The molecule has 2 aliphatic rings. The molecule has 6 nitrogen and oxygen atoms in total. The van der Waals surface area contributed by atoms with Crippen LogP contribution in [0.1, 0.15) is 76.6 Å². The van der Waals surface area contributed by atoms with Crippen LogP contribution >= 0.6 is 0 Å². The van der Waals surface area contributed by atoms with E-state index >= 15 is 0 Å². The summed E-state index contributed by atoms with van der Waals surface area (Å²) in [4.78, 5) is 18.9. The Morgan fingerprint density at radius 1 is 1.32 bits per heavy atom. The molecule has 0 spiro atoms. The Hall–Kier alpha value is -3.44. The van der Waals surface area contributed by atoms with E-state index in [1.165, 1.54) is 18.2 Å². The molecule has 2 bridgehead atoms. The van der Waals surface area contributed by atoms with E-state index < -0.39 is 37.2 Å². The summed E-state index contributed by atoms with van der Waals surface area (Å²) < 4.78 is 57.4. The first kappa shape index (κ1) is 18.9. The van der Waals surface area contributed by atoms with Gasteiger partial charge >= 0.3 is 6.61 Å². The van der Waals surface area contributed by atoms with Crippen LogP contribution in [0.4, 0.5) is 8.78 Å². The van der Waals surface area contributed by atoms with Gasteiger partial charge in [-0.2, -0.15) is 8.78 Å². The molecule has 3 aromatic rings. The van der Waals surface area contributed by atoms with Crippen molar-refractivity contribution >= 4 is 16.9 Å². The average molecular weight is 469 g/mol. The number of carbonyl (C=O) groups excluding carboxylic acids is 1. The number of fused-ring (bicyclic) bond motifs is 9. The van der Waals surface area contributed by atoms with Gasteiger partial charge in [-0.1, -0.05) is 17.9 Å². The molecule has 0 aliphatic carbocycles. The Morgan fingerprint density at radius 2 is 2.15 bits per heavy atom. The molecule has 176 valence electrons. The molecule has 2 atom stereocenters. The lowest BCUT2D eigenvalue weighted by atomic mass is 9.97. The molecule has 0 saturated heterocycles. The molecule has 0 unspecified atom stereocenters. The van der Waals surface area contributed by atoms with Crippen molar-refractivity contribution in [1.29, 1.82) is 0 Å². The van der Waals surface area contributed by atoms with Crippen molar-refractivity contribution in [3.05, 3.63) is 58.9 Å². The van der Waals surface area contributed by atoms with Crippen LogP contribution in [0.2, 0.25) is 0 Å². The Bertz CT molecular complexity index is 1450. The maximum atomic E-state index is 13.5. The first-order chi connectivity index (χ1) is 17.3. The molecule has 3 heterocycles. The molecule has 1 aromatic heterocycles.